The van der Waals surface area contributed by atoms with Gasteiger partial charge in [-0.2, -0.15) is 0 Å². The highest BCUT2D eigenvalue weighted by molar-refractivity contribution is 5.89. The van der Waals surface area contributed by atoms with Gasteiger partial charge in [0, 0.05) is 38.8 Å². The van der Waals surface area contributed by atoms with Crippen LogP contribution in [0.2, 0.25) is 0 Å². The molecule has 168 valence electrons. The van der Waals surface area contributed by atoms with Crippen LogP contribution in [-0.4, -0.2) is 55.2 Å². The molecule has 0 spiro atoms. The highest BCUT2D eigenvalue weighted by atomic mass is 19.1. The van der Waals surface area contributed by atoms with Gasteiger partial charge in [-0.3, -0.25) is 4.90 Å². The Labute approximate surface area is 183 Å². The molecule has 2 amide bonds. The van der Waals surface area contributed by atoms with Crippen molar-refractivity contribution in [3.63, 3.8) is 0 Å². The number of hydrogen-bond acceptors (Lipinski definition) is 3. The van der Waals surface area contributed by atoms with Crippen molar-refractivity contribution in [3.05, 3.63) is 65.2 Å². The van der Waals surface area contributed by atoms with Crippen molar-refractivity contribution in [2.45, 2.75) is 32.7 Å². The molecule has 5 nitrogen and oxygen atoms in total. The van der Waals surface area contributed by atoms with Gasteiger partial charge < -0.3 is 15.0 Å². The second-order valence-electron chi connectivity index (χ2n) is 8.88. The molecule has 2 aromatic rings. The zero-order valence-corrected chi connectivity index (χ0v) is 18.5. The van der Waals surface area contributed by atoms with Gasteiger partial charge in [0.05, 0.1) is 18.9 Å². The minimum Gasteiger partial charge on any atom is -0.379 e. The van der Waals surface area contributed by atoms with Crippen LogP contribution >= 0.6 is 0 Å². The number of carbonyl (C=O) groups excluding carboxylic acids is 1. The Kier molecular flexibility index (Phi) is 7.62. The number of rotatable bonds is 6. The Morgan fingerprint density at radius 1 is 1.10 bits per heavy atom. The lowest BCUT2D eigenvalue weighted by Gasteiger charge is -2.30. The summed E-state index contributed by atoms with van der Waals surface area (Å²) in [7, 11) is 0. The van der Waals surface area contributed by atoms with Crippen LogP contribution in [0.1, 0.15) is 31.9 Å². The van der Waals surface area contributed by atoms with Crippen molar-refractivity contribution < 1.29 is 18.3 Å². The number of urea groups is 1. The van der Waals surface area contributed by atoms with Gasteiger partial charge in [0.15, 0.2) is 0 Å². The van der Waals surface area contributed by atoms with Crippen molar-refractivity contribution >= 4 is 11.7 Å². The summed E-state index contributed by atoms with van der Waals surface area (Å²) in [5.41, 5.74) is 2.22. The van der Waals surface area contributed by atoms with Crippen LogP contribution < -0.4 is 5.32 Å². The average Bonchev–Trinajstić information content (AvgIpc) is 2.73. The largest absolute Gasteiger partial charge is 0.379 e. The molecule has 31 heavy (non-hydrogen) atoms. The molecule has 0 aromatic heterocycles. The highest BCUT2D eigenvalue weighted by Crippen LogP contribution is 2.23. The molecule has 2 aromatic carbocycles. The molecular formula is C24H31F2N3O2. The van der Waals surface area contributed by atoms with Gasteiger partial charge in [0.2, 0.25) is 0 Å². The number of morpholine rings is 1. The van der Waals surface area contributed by atoms with Crippen molar-refractivity contribution in [2.75, 3.05) is 44.7 Å². The first-order valence-corrected chi connectivity index (χ1v) is 10.6. The Morgan fingerprint density at radius 2 is 1.77 bits per heavy atom. The number of amides is 2. The number of nitrogens with one attached hydrogen (secondary N) is 1. The fourth-order valence-corrected chi connectivity index (χ4v) is 3.45. The second kappa shape index (κ2) is 10.2. The summed E-state index contributed by atoms with van der Waals surface area (Å²) in [5.74, 6) is -1.48. The number of ether oxygens (including phenoxy) is 1. The molecule has 1 heterocycles. The van der Waals surface area contributed by atoms with Gasteiger partial charge in [-0.15, -0.1) is 0 Å². The summed E-state index contributed by atoms with van der Waals surface area (Å²) in [5, 5.41) is 2.58. The third-order valence-electron chi connectivity index (χ3n) is 5.44. The molecule has 0 saturated carbocycles. The van der Waals surface area contributed by atoms with Gasteiger partial charge in [-0.25, -0.2) is 13.6 Å². The Hall–Kier alpha value is -2.51. The summed E-state index contributed by atoms with van der Waals surface area (Å²) in [4.78, 5) is 16.9. The first kappa shape index (κ1) is 23.2. The lowest BCUT2D eigenvalue weighted by Crippen LogP contribution is -2.44. The van der Waals surface area contributed by atoms with Crippen LogP contribution in [0.5, 0.6) is 0 Å². The molecule has 1 N–H and O–H groups in total. The minimum atomic E-state index is -0.795. The maximum atomic E-state index is 14.0. The van der Waals surface area contributed by atoms with E-state index in [4.69, 9.17) is 4.74 Å². The fraction of sp³-hybridized carbons (Fsp3) is 0.458. The van der Waals surface area contributed by atoms with E-state index < -0.39 is 17.7 Å². The van der Waals surface area contributed by atoms with E-state index in [9.17, 15) is 13.6 Å². The molecule has 1 aliphatic heterocycles. The number of halogens is 2. The van der Waals surface area contributed by atoms with Gasteiger partial charge in [-0.05, 0) is 28.7 Å². The van der Waals surface area contributed by atoms with E-state index in [1.54, 1.807) is 4.90 Å². The normalized spacial score (nSPS) is 15.0. The van der Waals surface area contributed by atoms with Crippen molar-refractivity contribution in [2.24, 2.45) is 0 Å². The molecule has 0 unspecified atom stereocenters. The van der Waals surface area contributed by atoms with Crippen LogP contribution in [0.15, 0.2) is 42.5 Å². The van der Waals surface area contributed by atoms with Crippen LogP contribution in [0.25, 0.3) is 0 Å². The second-order valence-corrected chi connectivity index (χ2v) is 8.88. The third-order valence-corrected chi connectivity index (χ3v) is 5.44. The van der Waals surface area contributed by atoms with Crippen LogP contribution in [0.3, 0.4) is 0 Å². The molecule has 0 radical (unpaired) electrons. The molecule has 0 aliphatic carbocycles. The van der Waals surface area contributed by atoms with E-state index >= 15 is 0 Å². The summed E-state index contributed by atoms with van der Waals surface area (Å²) < 4.78 is 32.6. The topological polar surface area (TPSA) is 44.8 Å². The molecule has 1 fully saturated rings. The lowest BCUT2D eigenvalue weighted by molar-refractivity contribution is 0.0349. The monoisotopic (exact) mass is 431 g/mol. The molecular weight excluding hydrogens is 400 g/mol. The zero-order chi connectivity index (χ0) is 22.4. The summed E-state index contributed by atoms with van der Waals surface area (Å²) >= 11 is 0. The predicted molar refractivity (Wildman–Crippen MR) is 118 cm³/mol. The van der Waals surface area contributed by atoms with Crippen molar-refractivity contribution in [3.8, 4) is 0 Å². The van der Waals surface area contributed by atoms with Crippen molar-refractivity contribution in [1.82, 2.24) is 9.80 Å². The number of carbonyl (C=O) groups is 1. The summed E-state index contributed by atoms with van der Waals surface area (Å²) in [6, 6.07) is 10.9. The molecule has 3 rings (SSSR count). The third kappa shape index (κ3) is 6.74. The molecule has 0 atom stereocenters. The Morgan fingerprint density at radius 3 is 2.39 bits per heavy atom. The van der Waals surface area contributed by atoms with E-state index in [0.717, 1.165) is 30.8 Å². The average molecular weight is 432 g/mol. The standard InChI is InChI=1S/C24H31F2N3O2/c1-24(2,3)19-6-4-18(5-7-19)17-29(11-10-28-12-14-31-15-13-28)23(30)27-22-9-8-20(25)16-21(22)26/h4-9,16H,10-15,17H2,1-3H3,(H,27,30). The number of nitrogens with zero attached hydrogens (tertiary/aromatic N) is 2. The maximum Gasteiger partial charge on any atom is 0.322 e. The van der Waals surface area contributed by atoms with Crippen LogP contribution in [0, 0.1) is 11.6 Å². The number of hydrogen-bond donors (Lipinski definition) is 1. The fourth-order valence-electron chi connectivity index (χ4n) is 3.45. The van der Waals surface area contributed by atoms with E-state index in [1.165, 1.54) is 11.6 Å². The van der Waals surface area contributed by atoms with Gasteiger partial charge in [0.1, 0.15) is 11.6 Å². The molecule has 0 bridgehead atoms. The minimum absolute atomic E-state index is 0.0362. The van der Waals surface area contributed by atoms with Crippen molar-refractivity contribution in [1.29, 1.82) is 0 Å². The summed E-state index contributed by atoms with van der Waals surface area (Å²) in [6.07, 6.45) is 0. The molecule has 1 aliphatic rings. The van der Waals surface area contributed by atoms with Crippen LogP contribution in [-0.2, 0) is 16.7 Å². The predicted octanol–water partition coefficient (Wildman–Crippen LogP) is 4.63. The smallest absolute Gasteiger partial charge is 0.322 e. The maximum absolute atomic E-state index is 14.0. The van der Waals surface area contributed by atoms with E-state index in [2.05, 4.69) is 43.1 Å². The highest BCUT2D eigenvalue weighted by Gasteiger charge is 2.19. The molecule has 7 heteroatoms. The zero-order valence-electron chi connectivity index (χ0n) is 18.5. The number of benzene rings is 2. The SMILES string of the molecule is CC(C)(C)c1ccc(CN(CCN2CCOCC2)C(=O)Nc2ccc(F)cc2F)cc1. The quantitative estimate of drug-likeness (QED) is 0.725. The first-order chi connectivity index (χ1) is 14.7. The van der Waals surface area contributed by atoms with Gasteiger partial charge >= 0.3 is 6.03 Å². The van der Waals surface area contributed by atoms with E-state index in [0.29, 0.717) is 32.8 Å². The van der Waals surface area contributed by atoms with E-state index in [1.807, 2.05) is 12.1 Å². The van der Waals surface area contributed by atoms with Crippen LogP contribution in [0.4, 0.5) is 19.3 Å². The van der Waals surface area contributed by atoms with E-state index in [-0.39, 0.29) is 11.1 Å². The summed E-state index contributed by atoms with van der Waals surface area (Å²) in [6.45, 7) is 11.0. The van der Waals surface area contributed by atoms with Gasteiger partial charge in [0.25, 0.3) is 0 Å². The first-order valence-electron chi connectivity index (χ1n) is 10.6. The number of anilines is 1. The molecule has 1 saturated heterocycles. The van der Waals surface area contributed by atoms with Gasteiger partial charge in [-0.1, -0.05) is 45.0 Å². The Balaban J connectivity index is 1.72. The Bertz CT molecular complexity index is 875. The lowest BCUT2D eigenvalue weighted by atomic mass is 9.87.